The van der Waals surface area contributed by atoms with Gasteiger partial charge in [0.25, 0.3) is 11.8 Å². The van der Waals surface area contributed by atoms with E-state index < -0.39 is 35.5 Å². The molecule has 0 aliphatic carbocycles. The van der Waals surface area contributed by atoms with E-state index in [9.17, 15) is 27.6 Å². The van der Waals surface area contributed by atoms with E-state index in [0.717, 1.165) is 18.2 Å². The predicted molar refractivity (Wildman–Crippen MR) is 188 cm³/mol. The molecule has 268 valence electrons. The predicted octanol–water partition coefficient (Wildman–Crippen LogP) is 4.92. The number of aliphatic imine (C=N–C) groups is 1. The van der Waals surface area contributed by atoms with E-state index in [1.54, 1.807) is 62.4 Å². The standard InChI is InChI=1S/C38H41F3N6O4/c1-5-47-34(44-29-15-7-6-8-16-29)31(24(3)42)32(33(37(47)50)45-36(49)27-13-10-14-28(18-27)38(39,40)41)26-12-9-11-25(17-26)19-43-35(48)23(2)20-46(4)30-21-51-22-30/h6-18,30,32-33H,2,5,19-22,42H2,1,3-4H3,(H,43,48)(H,45,49)/b31-24-,44-34?/t32-,33+/m0/s1. The Balaban J connectivity index is 1.51. The van der Waals surface area contributed by atoms with E-state index >= 15 is 0 Å². The quantitative estimate of drug-likeness (QED) is 0.244. The number of nitrogens with zero attached hydrogens (tertiary/aromatic N) is 3. The number of hydrogen-bond acceptors (Lipinski definition) is 7. The Kier molecular flexibility index (Phi) is 11.4. The second-order valence-corrected chi connectivity index (χ2v) is 12.6. The molecule has 4 N–H and O–H groups in total. The topological polar surface area (TPSA) is 129 Å². The summed E-state index contributed by atoms with van der Waals surface area (Å²) in [6.45, 7) is 9.26. The average Bonchev–Trinajstić information content (AvgIpc) is 3.07. The molecule has 2 aliphatic rings. The number of carbonyl (C=O) groups excluding carboxylic acids is 3. The highest BCUT2D eigenvalue weighted by Gasteiger charge is 2.46. The van der Waals surface area contributed by atoms with Crippen LogP contribution in [0.5, 0.6) is 0 Å². The fourth-order valence-electron chi connectivity index (χ4n) is 6.09. The van der Waals surface area contributed by atoms with Gasteiger partial charge in [0.2, 0.25) is 5.91 Å². The van der Waals surface area contributed by atoms with Gasteiger partial charge in [0.15, 0.2) is 0 Å². The minimum atomic E-state index is -4.67. The number of alkyl halides is 3. The van der Waals surface area contributed by atoms with E-state index in [2.05, 4.69) is 17.2 Å². The van der Waals surface area contributed by atoms with Crippen molar-refractivity contribution in [3.05, 3.63) is 125 Å². The molecule has 0 saturated carbocycles. The Hall–Kier alpha value is -5.27. The van der Waals surface area contributed by atoms with E-state index in [4.69, 9.17) is 15.5 Å². The molecule has 0 bridgehead atoms. The highest BCUT2D eigenvalue weighted by Crippen LogP contribution is 2.38. The van der Waals surface area contributed by atoms with E-state index in [0.29, 0.717) is 59.3 Å². The number of likely N-dealkylation sites (N-methyl/N-ethyl adjacent to an activating group) is 2. The SMILES string of the molecule is C=C(CN(C)C1COC1)C(=O)NCc1cccc([C@H]2/C(=C(\C)N)C(=Nc3ccccc3)N(CC)C(=O)[C@@H]2NC(=O)c2cccc(C(F)(F)F)c2)c1. The summed E-state index contributed by atoms with van der Waals surface area (Å²) < 4.78 is 45.8. The number of rotatable bonds is 11. The van der Waals surface area contributed by atoms with Crippen molar-refractivity contribution in [2.24, 2.45) is 10.7 Å². The summed E-state index contributed by atoms with van der Waals surface area (Å²) in [4.78, 5) is 49.2. The van der Waals surface area contributed by atoms with Crippen LogP contribution in [0.1, 0.15) is 46.8 Å². The number of allylic oxidation sites excluding steroid dienone is 1. The van der Waals surface area contributed by atoms with E-state index in [1.807, 2.05) is 18.0 Å². The van der Waals surface area contributed by atoms with Crippen LogP contribution in [0.25, 0.3) is 0 Å². The number of ether oxygens (including phenoxy) is 1. The Labute approximate surface area is 294 Å². The molecule has 2 atom stereocenters. The molecule has 2 saturated heterocycles. The van der Waals surface area contributed by atoms with Crippen molar-refractivity contribution in [3.8, 4) is 0 Å². The molecule has 2 aliphatic heterocycles. The third-order valence-electron chi connectivity index (χ3n) is 8.91. The van der Waals surface area contributed by atoms with Crippen LogP contribution in [-0.2, 0) is 27.0 Å². The van der Waals surface area contributed by atoms with Gasteiger partial charge in [-0.1, -0.05) is 55.1 Å². The molecule has 3 aromatic carbocycles. The Morgan fingerprint density at radius 2 is 1.76 bits per heavy atom. The minimum Gasteiger partial charge on any atom is -0.402 e. The zero-order chi connectivity index (χ0) is 36.9. The summed E-state index contributed by atoms with van der Waals surface area (Å²) >= 11 is 0. The summed E-state index contributed by atoms with van der Waals surface area (Å²) in [6.07, 6.45) is -4.67. The highest BCUT2D eigenvalue weighted by atomic mass is 19.4. The number of likely N-dealkylation sites (tertiary alicyclic amines) is 1. The van der Waals surface area contributed by atoms with Crippen LogP contribution in [0, 0.1) is 0 Å². The van der Waals surface area contributed by atoms with Gasteiger partial charge in [0.1, 0.15) is 11.9 Å². The number of nitrogens with two attached hydrogens (primary N) is 1. The first kappa shape index (κ1) is 37.0. The Morgan fingerprint density at radius 3 is 2.39 bits per heavy atom. The van der Waals surface area contributed by atoms with Crippen LogP contribution < -0.4 is 16.4 Å². The van der Waals surface area contributed by atoms with Crippen molar-refractivity contribution < 1.29 is 32.3 Å². The molecule has 10 nitrogen and oxygen atoms in total. The van der Waals surface area contributed by atoms with Crippen molar-refractivity contribution in [3.63, 3.8) is 0 Å². The van der Waals surface area contributed by atoms with Crippen LogP contribution in [0.15, 0.2) is 107 Å². The molecule has 2 heterocycles. The molecular formula is C38H41F3N6O4. The third kappa shape index (κ3) is 8.55. The van der Waals surface area contributed by atoms with Crippen molar-refractivity contribution in [1.29, 1.82) is 0 Å². The van der Waals surface area contributed by atoms with Crippen LogP contribution in [0.4, 0.5) is 18.9 Å². The maximum Gasteiger partial charge on any atom is 0.416 e. The number of benzene rings is 3. The van der Waals surface area contributed by atoms with Crippen molar-refractivity contribution >= 4 is 29.2 Å². The summed E-state index contributed by atoms with van der Waals surface area (Å²) in [6, 6.07) is 19.1. The van der Waals surface area contributed by atoms with Gasteiger partial charge in [-0.3, -0.25) is 24.2 Å². The Bertz CT molecular complexity index is 1850. The lowest BCUT2D eigenvalue weighted by atomic mass is 9.78. The van der Waals surface area contributed by atoms with Crippen molar-refractivity contribution in [1.82, 2.24) is 20.4 Å². The van der Waals surface area contributed by atoms with Gasteiger partial charge in [0.05, 0.1) is 30.5 Å². The molecule has 5 rings (SSSR count). The van der Waals surface area contributed by atoms with Crippen molar-refractivity contribution in [2.45, 2.75) is 44.6 Å². The van der Waals surface area contributed by atoms with Crippen molar-refractivity contribution in [2.75, 3.05) is 33.4 Å². The van der Waals surface area contributed by atoms with Gasteiger partial charge in [-0.2, -0.15) is 13.2 Å². The zero-order valence-corrected chi connectivity index (χ0v) is 28.7. The molecule has 51 heavy (non-hydrogen) atoms. The Morgan fingerprint density at radius 1 is 1.06 bits per heavy atom. The molecule has 13 heteroatoms. The average molecular weight is 703 g/mol. The molecule has 3 amide bonds. The first-order valence-corrected chi connectivity index (χ1v) is 16.5. The smallest absolute Gasteiger partial charge is 0.402 e. The molecular weight excluding hydrogens is 661 g/mol. The zero-order valence-electron chi connectivity index (χ0n) is 28.7. The van der Waals surface area contributed by atoms with Gasteiger partial charge in [-0.05, 0) is 62.4 Å². The molecule has 0 spiro atoms. The number of nitrogens with one attached hydrogen (secondary N) is 2. The van der Waals surface area contributed by atoms with Crippen LogP contribution >= 0.6 is 0 Å². The lowest BCUT2D eigenvalue weighted by Crippen LogP contribution is -2.59. The third-order valence-corrected chi connectivity index (χ3v) is 8.91. The molecule has 3 aromatic rings. The van der Waals surface area contributed by atoms with Gasteiger partial charge < -0.3 is 21.1 Å². The number of hydrogen-bond donors (Lipinski definition) is 3. The highest BCUT2D eigenvalue weighted by molar-refractivity contribution is 6.15. The number of amidine groups is 1. The number of amides is 3. The van der Waals surface area contributed by atoms with Crippen LogP contribution in [0.2, 0.25) is 0 Å². The normalized spacial score (nSPS) is 19.9. The molecule has 0 radical (unpaired) electrons. The van der Waals surface area contributed by atoms with Gasteiger partial charge in [-0.25, -0.2) is 4.99 Å². The number of para-hydroxylation sites is 1. The van der Waals surface area contributed by atoms with Gasteiger partial charge in [0, 0.05) is 48.0 Å². The molecule has 0 aromatic heterocycles. The van der Waals surface area contributed by atoms with E-state index in [-0.39, 0.29) is 30.6 Å². The monoisotopic (exact) mass is 702 g/mol. The molecule has 2 fully saturated rings. The first-order valence-electron chi connectivity index (χ1n) is 16.5. The van der Waals surface area contributed by atoms with Crippen LogP contribution in [-0.4, -0.2) is 78.8 Å². The van der Waals surface area contributed by atoms with E-state index in [1.165, 1.54) is 11.0 Å². The second kappa shape index (κ2) is 15.7. The number of piperidine rings is 1. The van der Waals surface area contributed by atoms with Crippen LogP contribution in [0.3, 0.4) is 0 Å². The summed E-state index contributed by atoms with van der Waals surface area (Å²) in [5.74, 6) is -2.30. The number of halogens is 3. The van der Waals surface area contributed by atoms with Gasteiger partial charge >= 0.3 is 6.18 Å². The lowest BCUT2D eigenvalue weighted by molar-refractivity contribution is -0.137. The fourth-order valence-corrected chi connectivity index (χ4v) is 6.09. The van der Waals surface area contributed by atoms with Gasteiger partial charge in [-0.15, -0.1) is 0 Å². The largest absolute Gasteiger partial charge is 0.416 e. The second-order valence-electron chi connectivity index (χ2n) is 12.6. The summed E-state index contributed by atoms with van der Waals surface area (Å²) in [5, 5.41) is 5.63. The minimum absolute atomic E-state index is 0.135. The summed E-state index contributed by atoms with van der Waals surface area (Å²) in [5.41, 5.74) is 8.33. The maximum absolute atomic E-state index is 14.3. The summed E-state index contributed by atoms with van der Waals surface area (Å²) in [7, 11) is 1.91. The maximum atomic E-state index is 14.3. The molecule has 0 unspecified atom stereocenters. The fraction of sp³-hybridized carbons (Fsp3) is 0.316. The lowest BCUT2D eigenvalue weighted by Gasteiger charge is -2.41. The number of carbonyl (C=O) groups is 3. The first-order chi connectivity index (χ1) is 24.3.